The quantitative estimate of drug-likeness (QED) is 0.180. The van der Waals surface area contributed by atoms with Gasteiger partial charge in [-0.05, 0) is 0 Å². The molecule has 2 atom stereocenters. The molecule has 0 radical (unpaired) electrons. The van der Waals surface area contributed by atoms with Crippen molar-refractivity contribution in [1.29, 1.82) is 0 Å². The maximum atomic E-state index is 8.39. The molecule has 1 heterocycles. The third-order valence-corrected chi connectivity index (χ3v) is 27.4. The van der Waals surface area contributed by atoms with Crippen molar-refractivity contribution < 1.29 is 26.8 Å². The van der Waals surface area contributed by atoms with Crippen LogP contribution in [0.4, 0.5) is 0 Å². The molecule has 2 aliphatic carbocycles. The van der Waals surface area contributed by atoms with Gasteiger partial charge in [-0.25, -0.2) is 0 Å². The van der Waals surface area contributed by atoms with Gasteiger partial charge in [-0.1, -0.05) is 0 Å². The number of allylic oxidation sites excluding steroid dienone is 2. The Labute approximate surface area is 346 Å². The fourth-order valence-electron chi connectivity index (χ4n) is 10.8. The van der Waals surface area contributed by atoms with Crippen LogP contribution in [0.5, 0.6) is 11.5 Å². The second kappa shape index (κ2) is 13.8. The van der Waals surface area contributed by atoms with Gasteiger partial charge < -0.3 is 0 Å². The van der Waals surface area contributed by atoms with Crippen molar-refractivity contribution in [3.05, 3.63) is 139 Å². The van der Waals surface area contributed by atoms with Crippen LogP contribution < -0.4 is 5.63 Å². The minimum absolute atomic E-state index is 0.0529. The summed E-state index contributed by atoms with van der Waals surface area (Å²) >= 11 is -4.88. The van der Waals surface area contributed by atoms with Crippen molar-refractivity contribution in [3.63, 3.8) is 0 Å². The minimum atomic E-state index is -4.88. The van der Waals surface area contributed by atoms with Gasteiger partial charge in [0.1, 0.15) is 0 Å². The van der Waals surface area contributed by atoms with E-state index in [0.717, 1.165) is 11.5 Å². The molecule has 4 aromatic carbocycles. The van der Waals surface area contributed by atoms with Gasteiger partial charge in [0.2, 0.25) is 0 Å². The van der Waals surface area contributed by atoms with Gasteiger partial charge in [-0.2, -0.15) is 0 Å². The van der Waals surface area contributed by atoms with Gasteiger partial charge in [0.15, 0.2) is 0 Å². The summed E-state index contributed by atoms with van der Waals surface area (Å²) in [6.07, 6.45) is 0. The molecule has 0 aromatic heterocycles. The number of rotatable bonds is 6. The zero-order chi connectivity index (χ0) is 41.2. The fraction of sp³-hybridized carbons (Fsp3) is 0.462. The predicted octanol–water partition coefficient (Wildman–Crippen LogP) is 15.1. The van der Waals surface area contributed by atoms with Crippen LogP contribution in [-0.4, -0.2) is 8.07 Å². The van der Waals surface area contributed by atoms with E-state index < -0.39 is 29.2 Å². The van der Waals surface area contributed by atoms with Crippen LogP contribution in [0.2, 0.25) is 13.1 Å². The van der Waals surface area contributed by atoms with Gasteiger partial charge in [-0.3, -0.25) is 0 Å². The molecule has 1 aliphatic heterocycles. The van der Waals surface area contributed by atoms with Crippen molar-refractivity contribution in [1.82, 2.24) is 0 Å². The van der Waals surface area contributed by atoms with E-state index in [9.17, 15) is 0 Å². The second-order valence-electron chi connectivity index (χ2n) is 20.9. The molecule has 4 bridgehead atoms. The molecule has 0 amide bonds. The molecule has 296 valence electrons. The number of aryl methyl sites for hydroxylation is 4. The van der Waals surface area contributed by atoms with Crippen molar-refractivity contribution in [2.24, 2.45) is 0 Å². The molecule has 0 spiro atoms. The first-order valence-electron chi connectivity index (χ1n) is 21.2. The van der Waals surface area contributed by atoms with Gasteiger partial charge in [-0.15, -0.1) is 0 Å². The van der Waals surface area contributed by atoms with E-state index in [1.54, 1.807) is 10.4 Å². The summed E-state index contributed by atoms with van der Waals surface area (Å²) in [5.41, 5.74) is 19.3. The van der Waals surface area contributed by atoms with Crippen LogP contribution in [0, 0.1) is 27.7 Å². The summed E-state index contributed by atoms with van der Waals surface area (Å²) in [4.78, 5) is 0. The average Bonchev–Trinajstić information content (AvgIpc) is 3.57. The molecular weight excluding hydrogens is 776 g/mol. The van der Waals surface area contributed by atoms with Crippen LogP contribution in [-0.2, 0) is 32.0 Å². The molecule has 0 saturated heterocycles. The molecule has 7 rings (SSSR count). The third-order valence-electron chi connectivity index (χ3n) is 13.4. The van der Waals surface area contributed by atoms with Crippen molar-refractivity contribution in [2.45, 2.75) is 154 Å². The Balaban J connectivity index is 1.71. The van der Waals surface area contributed by atoms with E-state index in [1.165, 1.54) is 77.9 Å². The van der Waals surface area contributed by atoms with Crippen molar-refractivity contribution >= 4 is 18.5 Å². The Morgan fingerprint density at radius 2 is 0.893 bits per heavy atom. The normalized spacial score (nSPS) is 19.7. The summed E-state index contributed by atoms with van der Waals surface area (Å²) in [6, 6.07) is 24.0. The Kier molecular flexibility index (Phi) is 10.2. The number of fused-ring (bicyclic) bond motifs is 8. The summed E-state index contributed by atoms with van der Waals surface area (Å²) < 4.78 is 16.9. The molecule has 4 heteroatoms. The van der Waals surface area contributed by atoms with Gasteiger partial charge in [0.05, 0.1) is 0 Å². The van der Waals surface area contributed by atoms with E-state index in [4.69, 9.17) is 5.63 Å². The molecular formula is C52H68O2SiZr. The standard InChI is InChI=1S/C30H38Si.2C11H16O.Zr/c1-17(2)23-11-19(5)27-25(15-23)13-21(7)29(27)31(9,10)30-22(8)14-26-16-24(18(3)4)12-20(6)28(26)30;2*1-8-5-6-10(12)9(7-8)11(2,3)4;/h11-18H,1-10H3;2*5-7,12H,1-4H3;/q;;;+2/p-2. The monoisotopic (exact) mass is 842 g/mol. The third kappa shape index (κ3) is 6.43. The predicted molar refractivity (Wildman–Crippen MR) is 240 cm³/mol. The molecule has 0 fully saturated rings. The zero-order valence-electron chi connectivity index (χ0n) is 37.9. The Bertz CT molecular complexity index is 2170. The summed E-state index contributed by atoms with van der Waals surface area (Å²) in [6.45, 7) is 42.8. The number of benzene rings is 4. The van der Waals surface area contributed by atoms with E-state index in [2.05, 4.69) is 185 Å². The van der Waals surface area contributed by atoms with Crippen LogP contribution >= 0.6 is 0 Å². The number of hydrogen-bond donors (Lipinski definition) is 0. The van der Waals surface area contributed by atoms with E-state index >= 15 is 0 Å². The number of hydrogen-bond acceptors (Lipinski definition) is 2. The molecule has 0 saturated carbocycles. The van der Waals surface area contributed by atoms with Gasteiger partial charge >= 0.3 is 349 Å². The van der Waals surface area contributed by atoms with Crippen LogP contribution in [0.1, 0.15) is 169 Å². The molecule has 0 N–H and O–H groups in total. The van der Waals surface area contributed by atoms with Crippen molar-refractivity contribution in [3.8, 4) is 11.5 Å². The first kappa shape index (κ1) is 41.2. The maximum absolute atomic E-state index is 8.39. The van der Waals surface area contributed by atoms with E-state index in [0.29, 0.717) is 11.8 Å². The van der Waals surface area contributed by atoms with Crippen LogP contribution in [0.15, 0.2) is 71.8 Å². The molecule has 2 nitrogen and oxygen atoms in total. The Hall–Kier alpha value is -2.94. The molecule has 56 heavy (non-hydrogen) atoms. The average molecular weight is 844 g/mol. The zero-order valence-corrected chi connectivity index (χ0v) is 41.4. The molecule has 3 aliphatic rings. The summed E-state index contributed by atoms with van der Waals surface area (Å²) in [5.74, 6) is 2.83. The van der Waals surface area contributed by atoms with E-state index in [-0.39, 0.29) is 18.1 Å². The Morgan fingerprint density at radius 1 is 0.536 bits per heavy atom. The summed E-state index contributed by atoms with van der Waals surface area (Å²) in [7, 11) is -2.29. The first-order valence-corrected chi connectivity index (χ1v) is 29.1. The topological polar surface area (TPSA) is 18.5 Å². The van der Waals surface area contributed by atoms with Crippen LogP contribution in [0.25, 0.3) is 10.4 Å². The van der Waals surface area contributed by atoms with E-state index in [1.807, 2.05) is 0 Å². The van der Waals surface area contributed by atoms with Crippen molar-refractivity contribution in [2.75, 3.05) is 0 Å². The van der Waals surface area contributed by atoms with Crippen LogP contribution in [0.3, 0.4) is 0 Å². The summed E-state index contributed by atoms with van der Waals surface area (Å²) in [5, 5.41) is 3.23. The Morgan fingerprint density at radius 3 is 1.21 bits per heavy atom. The SMILES string of the molecule is CC1=C2c3c(C)cc(C(C)C)cc3[CH]1[Zr]([O]c1ccc(C)cc1C(C)(C)C)([O]c1ccc(C)cc1C(C)(C)C)[CH]1C(C)=C(c3c(C)cc(C(C)C)cc31)[Si]2(C)C. The van der Waals surface area contributed by atoms with Gasteiger partial charge in [0, 0.05) is 0 Å². The van der Waals surface area contributed by atoms with Gasteiger partial charge in [0.25, 0.3) is 0 Å². The molecule has 2 unspecified atom stereocenters. The fourth-order valence-corrected chi connectivity index (χ4v) is 27.5. The molecule has 4 aromatic rings. The first-order chi connectivity index (χ1) is 25.9. The second-order valence-corrected chi connectivity index (χ2v) is 32.6.